The highest BCUT2D eigenvalue weighted by atomic mass is 32.2. The van der Waals surface area contributed by atoms with Crippen LogP contribution in [0.15, 0.2) is 59.6 Å². The van der Waals surface area contributed by atoms with E-state index in [-0.39, 0.29) is 28.7 Å². The third-order valence-corrected chi connectivity index (χ3v) is 7.86. The summed E-state index contributed by atoms with van der Waals surface area (Å²) in [5.74, 6) is 0.329. The van der Waals surface area contributed by atoms with Crippen molar-refractivity contribution in [2.45, 2.75) is 24.3 Å². The monoisotopic (exact) mass is 415 g/mol. The molecule has 2 atom stereocenters. The Hall–Kier alpha value is -2.32. The summed E-state index contributed by atoms with van der Waals surface area (Å²) in [4.78, 5) is 16.6. The maximum Gasteiger partial charge on any atom is 0.224 e. The molecule has 2 heterocycles. The second-order valence-corrected chi connectivity index (χ2v) is 10.4. The molecule has 28 heavy (non-hydrogen) atoms. The van der Waals surface area contributed by atoms with Crippen molar-refractivity contribution in [2.75, 3.05) is 16.8 Å². The molecule has 2 aliphatic rings. The zero-order valence-electron chi connectivity index (χ0n) is 15.2. The maximum atomic E-state index is 12.1. The van der Waals surface area contributed by atoms with Crippen molar-refractivity contribution in [2.24, 2.45) is 4.99 Å². The Labute approximate surface area is 168 Å². The van der Waals surface area contributed by atoms with Crippen LogP contribution in [0.4, 0.5) is 5.69 Å². The molecule has 2 aromatic carbocycles. The molecule has 2 aliphatic heterocycles. The summed E-state index contributed by atoms with van der Waals surface area (Å²) >= 11 is 1.49. The molecule has 8 heteroatoms. The van der Waals surface area contributed by atoms with Crippen molar-refractivity contribution < 1.29 is 13.2 Å². The Morgan fingerprint density at radius 1 is 1.04 bits per heavy atom. The van der Waals surface area contributed by atoms with Crippen LogP contribution in [0.1, 0.15) is 11.1 Å². The van der Waals surface area contributed by atoms with Crippen molar-refractivity contribution in [3.8, 4) is 0 Å². The molecule has 1 amide bonds. The van der Waals surface area contributed by atoms with Crippen LogP contribution >= 0.6 is 11.8 Å². The molecular formula is C20H21N3O3S2. The molecule has 2 aromatic rings. The van der Waals surface area contributed by atoms with E-state index in [2.05, 4.69) is 15.6 Å². The van der Waals surface area contributed by atoms with Crippen molar-refractivity contribution in [1.82, 2.24) is 5.32 Å². The van der Waals surface area contributed by atoms with Gasteiger partial charge in [0.15, 0.2) is 15.0 Å². The Balaban J connectivity index is 1.28. The minimum absolute atomic E-state index is 0.0191. The molecule has 0 radical (unpaired) electrons. The fourth-order valence-corrected chi connectivity index (χ4v) is 6.97. The fraction of sp³-hybridized carbons (Fsp3) is 0.300. The predicted molar refractivity (Wildman–Crippen MR) is 113 cm³/mol. The highest BCUT2D eigenvalue weighted by Gasteiger charge is 2.42. The first kappa shape index (κ1) is 19.0. The molecule has 6 nitrogen and oxygen atoms in total. The number of nitrogens with one attached hydrogen (secondary N) is 2. The summed E-state index contributed by atoms with van der Waals surface area (Å²) in [6.45, 7) is 0.522. The second kappa shape index (κ2) is 7.97. The van der Waals surface area contributed by atoms with Crippen molar-refractivity contribution in [3.05, 3.63) is 65.7 Å². The molecule has 0 aliphatic carbocycles. The summed E-state index contributed by atoms with van der Waals surface area (Å²) in [6.07, 6.45) is 0.324. The summed E-state index contributed by atoms with van der Waals surface area (Å²) in [5.41, 5.74) is 2.88. The van der Waals surface area contributed by atoms with Gasteiger partial charge in [-0.15, -0.1) is 0 Å². The lowest BCUT2D eigenvalue weighted by Gasteiger charge is -2.08. The average molecular weight is 416 g/mol. The number of fused-ring (bicyclic) bond motifs is 1. The number of hydrogen-bond donors (Lipinski definition) is 2. The van der Waals surface area contributed by atoms with Gasteiger partial charge < -0.3 is 10.6 Å². The SMILES string of the molecule is O=C(Cc1ccc(NC2=N[C@@H]3CS(=O)(=O)C[C@@H]3S2)cc1)NCc1ccccc1. The summed E-state index contributed by atoms with van der Waals surface area (Å²) in [5, 5.41) is 6.96. The predicted octanol–water partition coefficient (Wildman–Crippen LogP) is 2.23. The number of hydrogen-bond acceptors (Lipinski definition) is 6. The number of amidine groups is 1. The van der Waals surface area contributed by atoms with Crippen LogP contribution in [0.25, 0.3) is 0 Å². The van der Waals surface area contributed by atoms with Gasteiger partial charge in [-0.3, -0.25) is 9.79 Å². The molecule has 146 valence electrons. The Kier molecular flexibility index (Phi) is 5.41. The summed E-state index contributed by atoms with van der Waals surface area (Å²) in [6, 6.07) is 17.3. The zero-order valence-corrected chi connectivity index (χ0v) is 16.8. The number of carbonyl (C=O) groups excluding carboxylic acids is 1. The number of aliphatic imine (C=N–C) groups is 1. The first-order chi connectivity index (χ1) is 13.5. The van der Waals surface area contributed by atoms with E-state index < -0.39 is 9.84 Å². The smallest absolute Gasteiger partial charge is 0.224 e. The van der Waals surface area contributed by atoms with E-state index in [9.17, 15) is 13.2 Å². The van der Waals surface area contributed by atoms with E-state index in [1.807, 2.05) is 54.6 Å². The lowest BCUT2D eigenvalue weighted by atomic mass is 10.1. The van der Waals surface area contributed by atoms with E-state index >= 15 is 0 Å². The van der Waals surface area contributed by atoms with Crippen LogP contribution in [0, 0.1) is 0 Å². The van der Waals surface area contributed by atoms with Crippen molar-refractivity contribution in [1.29, 1.82) is 0 Å². The third kappa shape index (κ3) is 4.74. The van der Waals surface area contributed by atoms with Crippen LogP contribution in [0.3, 0.4) is 0 Å². The number of carbonyl (C=O) groups is 1. The minimum Gasteiger partial charge on any atom is -0.352 e. The first-order valence-electron chi connectivity index (χ1n) is 9.08. The number of nitrogens with zero attached hydrogens (tertiary/aromatic N) is 1. The lowest BCUT2D eigenvalue weighted by Crippen LogP contribution is -2.24. The van der Waals surface area contributed by atoms with Crippen LogP contribution in [-0.4, -0.2) is 42.3 Å². The minimum atomic E-state index is -2.94. The quantitative estimate of drug-likeness (QED) is 0.782. The molecule has 0 unspecified atom stereocenters. The first-order valence-corrected chi connectivity index (χ1v) is 11.8. The van der Waals surface area contributed by atoms with E-state index in [0.29, 0.717) is 13.0 Å². The van der Waals surface area contributed by atoms with E-state index in [0.717, 1.165) is 22.0 Å². The van der Waals surface area contributed by atoms with Crippen LogP contribution in [0.5, 0.6) is 0 Å². The van der Waals surface area contributed by atoms with Gasteiger partial charge in [0, 0.05) is 17.5 Å². The van der Waals surface area contributed by atoms with Crippen molar-refractivity contribution >= 4 is 38.4 Å². The summed E-state index contributed by atoms with van der Waals surface area (Å²) in [7, 11) is -2.94. The standard InChI is InChI=1S/C20H21N3O3S2/c24-19(21-11-15-4-2-1-3-5-15)10-14-6-8-16(9-7-14)22-20-23-17-12-28(25,26)13-18(17)27-20/h1-9,17-18H,10-13H2,(H,21,24)(H,22,23)/t17-,18+/m1/s1. The average Bonchev–Trinajstić information content (AvgIpc) is 3.15. The highest BCUT2D eigenvalue weighted by Crippen LogP contribution is 2.34. The lowest BCUT2D eigenvalue weighted by molar-refractivity contribution is -0.120. The number of amides is 1. The van der Waals surface area contributed by atoms with Gasteiger partial charge in [-0.25, -0.2) is 8.42 Å². The zero-order chi connectivity index (χ0) is 19.6. The van der Waals surface area contributed by atoms with Gasteiger partial charge in [0.1, 0.15) is 0 Å². The Morgan fingerprint density at radius 3 is 2.50 bits per heavy atom. The third-order valence-electron chi connectivity index (χ3n) is 4.72. The van der Waals surface area contributed by atoms with Gasteiger partial charge in [-0.1, -0.05) is 54.2 Å². The van der Waals surface area contributed by atoms with Crippen LogP contribution < -0.4 is 10.6 Å². The summed E-state index contributed by atoms with van der Waals surface area (Å²) < 4.78 is 23.3. The molecule has 2 N–H and O–H groups in total. The Bertz CT molecular complexity index is 989. The maximum absolute atomic E-state index is 12.1. The molecule has 0 saturated carbocycles. The van der Waals surface area contributed by atoms with E-state index in [1.54, 1.807) is 0 Å². The van der Waals surface area contributed by atoms with Crippen LogP contribution in [0.2, 0.25) is 0 Å². The topological polar surface area (TPSA) is 87.6 Å². The number of sulfone groups is 1. The number of anilines is 1. The number of rotatable bonds is 5. The largest absolute Gasteiger partial charge is 0.352 e. The molecule has 0 bridgehead atoms. The van der Waals surface area contributed by atoms with Gasteiger partial charge in [0.25, 0.3) is 0 Å². The van der Waals surface area contributed by atoms with Gasteiger partial charge in [0.2, 0.25) is 5.91 Å². The number of thioether (sulfide) groups is 1. The number of benzene rings is 2. The molecule has 1 fully saturated rings. The molecule has 0 aromatic heterocycles. The molecule has 4 rings (SSSR count). The normalized spacial score (nSPS) is 22.4. The van der Waals surface area contributed by atoms with Gasteiger partial charge in [0.05, 0.1) is 24.0 Å². The highest BCUT2D eigenvalue weighted by molar-refractivity contribution is 8.15. The van der Waals surface area contributed by atoms with E-state index in [1.165, 1.54) is 11.8 Å². The second-order valence-electron chi connectivity index (χ2n) is 7.00. The molecular weight excluding hydrogens is 394 g/mol. The molecule has 0 spiro atoms. The molecule has 1 saturated heterocycles. The fourth-order valence-electron chi connectivity index (χ4n) is 3.29. The van der Waals surface area contributed by atoms with Crippen molar-refractivity contribution in [3.63, 3.8) is 0 Å². The Morgan fingerprint density at radius 2 is 1.79 bits per heavy atom. The van der Waals surface area contributed by atoms with Gasteiger partial charge >= 0.3 is 0 Å². The van der Waals surface area contributed by atoms with Gasteiger partial charge in [-0.05, 0) is 23.3 Å². The van der Waals surface area contributed by atoms with E-state index in [4.69, 9.17) is 0 Å². The van der Waals surface area contributed by atoms with Crippen LogP contribution in [-0.2, 0) is 27.6 Å². The van der Waals surface area contributed by atoms with Gasteiger partial charge in [-0.2, -0.15) is 0 Å².